The van der Waals surface area contributed by atoms with Crippen molar-refractivity contribution < 1.29 is 73.0 Å². The molecule has 1 saturated heterocycles. The Balaban J connectivity index is 0.00000512. The second-order valence-corrected chi connectivity index (χ2v) is 7.06. The molecule has 0 radical (unpaired) electrons. The molecule has 0 aliphatic carbocycles. The van der Waals surface area contributed by atoms with Crippen LogP contribution in [0.4, 0.5) is 0 Å². The number of carbonyl (C=O) groups is 2. The third kappa shape index (κ3) is 8.43. The standard InChI is InChI=1S/C21H29NO9.Na/c1-12(20(25)26)30-19-17(22-13(2)23)21(27-4)31-16(11-28-14(3)24)18(19)29-10-15-8-6-5-7-9-15;/h5-9,12,16-19,21H,10-11H2,1-4H3,(H,22,23)(H,25,26);/q;+1/p-1/t12-,16-,17-,18-,19-,21-;/m1./s1. The SMILES string of the molecule is CO[C@@H]1O[C@H](COC(C)=O)[C@@H](OCc2ccccc2)[C@H](O[C@H](C)C(=O)O)[C@H]1N=C(C)[O-].[Na+]. The Morgan fingerprint density at radius 3 is 2.41 bits per heavy atom. The minimum atomic E-state index is -1.22. The van der Waals surface area contributed by atoms with Crippen LogP contribution in [-0.4, -0.2) is 73.4 Å². The van der Waals surface area contributed by atoms with Crippen LogP contribution in [0.25, 0.3) is 0 Å². The summed E-state index contributed by atoms with van der Waals surface area (Å²) in [6, 6.07) is 8.29. The van der Waals surface area contributed by atoms with Gasteiger partial charge in [0.15, 0.2) is 12.4 Å². The molecule has 0 bridgehead atoms. The Bertz CT molecular complexity index is 757. The minimum absolute atomic E-state index is 0. The van der Waals surface area contributed by atoms with E-state index in [4.69, 9.17) is 23.7 Å². The number of carboxylic acids is 1. The van der Waals surface area contributed by atoms with Gasteiger partial charge >= 0.3 is 41.5 Å². The van der Waals surface area contributed by atoms with E-state index in [1.54, 1.807) is 0 Å². The van der Waals surface area contributed by atoms with E-state index in [1.165, 1.54) is 27.9 Å². The Kier molecular flexibility index (Phi) is 12.4. The first kappa shape index (κ1) is 28.5. The van der Waals surface area contributed by atoms with E-state index >= 15 is 0 Å². The molecule has 32 heavy (non-hydrogen) atoms. The number of ether oxygens (including phenoxy) is 5. The van der Waals surface area contributed by atoms with E-state index in [0.717, 1.165) is 5.56 Å². The van der Waals surface area contributed by atoms with Gasteiger partial charge in [-0.25, -0.2) is 4.79 Å². The fourth-order valence-corrected chi connectivity index (χ4v) is 3.18. The van der Waals surface area contributed by atoms with Crippen LogP contribution in [0.5, 0.6) is 0 Å². The number of hydrogen-bond donors (Lipinski definition) is 1. The molecule has 1 aromatic rings. The molecular formula is C21H28NNaO9. The number of methoxy groups -OCH3 is 1. The summed E-state index contributed by atoms with van der Waals surface area (Å²) >= 11 is 0. The molecular weight excluding hydrogens is 433 g/mol. The molecule has 1 N–H and O–H groups in total. The number of rotatable bonds is 10. The molecule has 172 valence electrons. The zero-order valence-corrected chi connectivity index (χ0v) is 20.9. The average Bonchev–Trinajstić information content (AvgIpc) is 2.72. The normalized spacial score (nSPS) is 26.6. The van der Waals surface area contributed by atoms with Crippen molar-refractivity contribution in [1.82, 2.24) is 0 Å². The van der Waals surface area contributed by atoms with Crippen LogP contribution in [0.3, 0.4) is 0 Å². The van der Waals surface area contributed by atoms with Gasteiger partial charge in [0, 0.05) is 14.0 Å². The maximum atomic E-state index is 11.8. The maximum absolute atomic E-state index is 11.8. The second kappa shape index (κ2) is 13.9. The summed E-state index contributed by atoms with van der Waals surface area (Å²) in [5.74, 6) is -2.22. The summed E-state index contributed by atoms with van der Waals surface area (Å²) in [7, 11) is 1.36. The molecule has 1 aromatic carbocycles. The van der Waals surface area contributed by atoms with E-state index in [9.17, 15) is 19.8 Å². The Labute approximate surface area is 209 Å². The van der Waals surface area contributed by atoms with Crippen LogP contribution in [0.1, 0.15) is 26.3 Å². The molecule has 1 fully saturated rings. The molecule has 6 atom stereocenters. The first-order valence-corrected chi connectivity index (χ1v) is 9.79. The summed E-state index contributed by atoms with van der Waals surface area (Å²) in [5.41, 5.74) is 0.854. The zero-order chi connectivity index (χ0) is 23.0. The Morgan fingerprint density at radius 1 is 1.22 bits per heavy atom. The van der Waals surface area contributed by atoms with Crippen LogP contribution >= 0.6 is 0 Å². The van der Waals surface area contributed by atoms with Crippen LogP contribution in [0, 0.1) is 0 Å². The maximum Gasteiger partial charge on any atom is 1.00 e. The quantitative estimate of drug-likeness (QED) is 0.174. The van der Waals surface area contributed by atoms with Crippen molar-refractivity contribution in [3.63, 3.8) is 0 Å². The van der Waals surface area contributed by atoms with Crippen LogP contribution in [0.15, 0.2) is 35.3 Å². The number of carbonyl (C=O) groups excluding carboxylic acids is 1. The van der Waals surface area contributed by atoms with Crippen molar-refractivity contribution in [1.29, 1.82) is 0 Å². The summed E-state index contributed by atoms with van der Waals surface area (Å²) in [4.78, 5) is 26.8. The largest absolute Gasteiger partial charge is 1.00 e. The number of hydrogen-bond acceptors (Lipinski definition) is 9. The molecule has 1 aliphatic heterocycles. The number of nitrogens with zero attached hydrogens (tertiary/aromatic N) is 1. The number of benzene rings is 1. The molecule has 1 heterocycles. The van der Waals surface area contributed by atoms with Crippen molar-refractivity contribution in [3.05, 3.63) is 35.9 Å². The van der Waals surface area contributed by atoms with Gasteiger partial charge in [0.05, 0.1) is 6.61 Å². The first-order valence-electron chi connectivity index (χ1n) is 9.79. The van der Waals surface area contributed by atoms with Gasteiger partial charge in [-0.1, -0.05) is 30.3 Å². The number of aliphatic carboxylic acids is 1. The van der Waals surface area contributed by atoms with Crippen molar-refractivity contribution in [3.8, 4) is 0 Å². The first-order chi connectivity index (χ1) is 14.7. The molecule has 1 aliphatic rings. The minimum Gasteiger partial charge on any atom is -0.862 e. The van der Waals surface area contributed by atoms with E-state index in [-0.39, 0.29) is 42.8 Å². The fraction of sp³-hybridized carbons (Fsp3) is 0.571. The number of carboxylic acid groups (broad SMARTS) is 1. The topological polar surface area (TPSA) is 136 Å². The summed E-state index contributed by atoms with van der Waals surface area (Å²) in [6.07, 6.45) is -5.02. The summed E-state index contributed by atoms with van der Waals surface area (Å²) < 4.78 is 28.1. The monoisotopic (exact) mass is 461 g/mol. The summed E-state index contributed by atoms with van der Waals surface area (Å²) in [6.45, 7) is 3.85. The Morgan fingerprint density at radius 2 is 1.88 bits per heavy atom. The van der Waals surface area contributed by atoms with E-state index < -0.39 is 54.6 Å². The van der Waals surface area contributed by atoms with E-state index in [1.807, 2.05) is 30.3 Å². The fourth-order valence-electron chi connectivity index (χ4n) is 3.18. The Hall–Kier alpha value is -1.53. The average molecular weight is 461 g/mol. The molecule has 2 rings (SSSR count). The van der Waals surface area contributed by atoms with Gasteiger partial charge < -0.3 is 33.9 Å². The van der Waals surface area contributed by atoms with Gasteiger partial charge in [0.2, 0.25) is 0 Å². The third-order valence-corrected chi connectivity index (χ3v) is 4.62. The van der Waals surface area contributed by atoms with Gasteiger partial charge in [-0.05, 0) is 25.3 Å². The van der Waals surface area contributed by atoms with Crippen LogP contribution < -0.4 is 34.7 Å². The molecule has 10 nitrogen and oxygen atoms in total. The molecule has 0 spiro atoms. The van der Waals surface area contributed by atoms with Crippen LogP contribution in [0.2, 0.25) is 0 Å². The molecule has 0 saturated carbocycles. The van der Waals surface area contributed by atoms with Crippen molar-refractivity contribution in [2.24, 2.45) is 4.99 Å². The molecule has 0 amide bonds. The molecule has 11 heteroatoms. The van der Waals surface area contributed by atoms with E-state index in [0.29, 0.717) is 0 Å². The van der Waals surface area contributed by atoms with Crippen molar-refractivity contribution in [2.75, 3.05) is 13.7 Å². The van der Waals surface area contributed by atoms with Gasteiger partial charge in [-0.15, -0.1) is 0 Å². The number of aliphatic imine (C=N–C) groups is 1. The van der Waals surface area contributed by atoms with Gasteiger partial charge in [-0.2, -0.15) is 0 Å². The van der Waals surface area contributed by atoms with Crippen molar-refractivity contribution in [2.45, 2.75) is 64.1 Å². The van der Waals surface area contributed by atoms with Gasteiger partial charge in [0.1, 0.15) is 31.0 Å². The molecule has 0 unspecified atom stereocenters. The smallest absolute Gasteiger partial charge is 0.862 e. The second-order valence-electron chi connectivity index (χ2n) is 7.06. The number of esters is 1. The summed E-state index contributed by atoms with van der Waals surface area (Å²) in [5, 5.41) is 21.1. The van der Waals surface area contributed by atoms with E-state index in [2.05, 4.69) is 4.99 Å². The molecule has 0 aromatic heterocycles. The van der Waals surface area contributed by atoms with Crippen LogP contribution in [-0.2, 0) is 39.9 Å². The third-order valence-electron chi connectivity index (χ3n) is 4.62. The van der Waals surface area contributed by atoms with Gasteiger partial charge in [-0.3, -0.25) is 9.79 Å². The predicted octanol–water partition coefficient (Wildman–Crippen LogP) is -2.48. The van der Waals surface area contributed by atoms with Crippen molar-refractivity contribution >= 4 is 17.8 Å². The predicted molar refractivity (Wildman–Crippen MR) is 106 cm³/mol. The zero-order valence-electron chi connectivity index (χ0n) is 18.9. The van der Waals surface area contributed by atoms with Gasteiger partial charge in [0.25, 0.3) is 0 Å².